The normalized spacial score (nSPS) is 15.3. The number of imide groups is 1. The lowest BCUT2D eigenvalue weighted by Crippen LogP contribution is -2.43. The van der Waals surface area contributed by atoms with Gasteiger partial charge in [-0.1, -0.05) is 6.08 Å². The Morgan fingerprint density at radius 2 is 1.87 bits per heavy atom. The zero-order valence-corrected chi connectivity index (χ0v) is 16.7. The van der Waals surface area contributed by atoms with Gasteiger partial charge in [-0.3, -0.25) is 14.9 Å². The maximum atomic E-state index is 13.4. The summed E-state index contributed by atoms with van der Waals surface area (Å²) < 4.78 is 57.4. The third-order valence-electron chi connectivity index (χ3n) is 4.32. The van der Waals surface area contributed by atoms with E-state index in [1.807, 2.05) is 5.32 Å². The van der Waals surface area contributed by atoms with Gasteiger partial charge in [-0.15, -0.1) is 6.58 Å². The van der Waals surface area contributed by atoms with Crippen LogP contribution < -0.4 is 10.6 Å². The van der Waals surface area contributed by atoms with Crippen molar-refractivity contribution in [2.45, 2.75) is 17.7 Å². The van der Waals surface area contributed by atoms with E-state index >= 15 is 0 Å². The van der Waals surface area contributed by atoms with Crippen LogP contribution in [-0.2, 0) is 24.3 Å². The van der Waals surface area contributed by atoms with E-state index in [9.17, 15) is 31.6 Å². The molecule has 2 rings (SSSR count). The molecule has 0 aliphatic carbocycles. The van der Waals surface area contributed by atoms with Crippen LogP contribution in [0.15, 0.2) is 35.7 Å². The Bertz CT molecular complexity index is 930. The van der Waals surface area contributed by atoms with Crippen LogP contribution in [0.3, 0.4) is 0 Å². The van der Waals surface area contributed by atoms with Gasteiger partial charge in [0.15, 0.2) is 18.2 Å². The molecule has 1 saturated heterocycles. The molecule has 1 aromatic rings. The number of nitrogens with zero attached hydrogens (tertiary/aromatic N) is 1. The van der Waals surface area contributed by atoms with Gasteiger partial charge in [-0.2, -0.15) is 4.31 Å². The lowest BCUT2D eigenvalue weighted by molar-refractivity contribution is -0.153. The number of rotatable bonds is 7. The number of piperidine rings is 1. The Kier molecular flexibility index (Phi) is 8.00. The highest BCUT2D eigenvalue weighted by Gasteiger charge is 2.33. The zero-order chi connectivity index (χ0) is 22.3. The molecule has 164 valence electrons. The number of amides is 3. The number of hydrogen-bond acceptors (Lipinski definition) is 6. The number of carbonyl (C=O) groups is 3. The first kappa shape index (κ1) is 23.4. The Labute approximate surface area is 172 Å². The molecule has 0 unspecified atom stereocenters. The van der Waals surface area contributed by atoms with Crippen molar-refractivity contribution >= 4 is 27.9 Å². The SMILES string of the molecule is C=CCNC(=O)NC(=O)COC(=O)C1CCN(S(=O)(=O)c2ccc(F)c(F)c2)CC1. The molecule has 2 N–H and O–H groups in total. The van der Waals surface area contributed by atoms with E-state index in [2.05, 4.69) is 11.9 Å². The Hall–Kier alpha value is -2.86. The van der Waals surface area contributed by atoms with Crippen molar-refractivity contribution in [1.82, 2.24) is 14.9 Å². The van der Waals surface area contributed by atoms with E-state index in [-0.39, 0.29) is 37.4 Å². The van der Waals surface area contributed by atoms with Crippen molar-refractivity contribution in [2.75, 3.05) is 26.2 Å². The highest BCUT2D eigenvalue weighted by atomic mass is 32.2. The van der Waals surface area contributed by atoms with Crippen LogP contribution in [0.2, 0.25) is 0 Å². The topological polar surface area (TPSA) is 122 Å². The summed E-state index contributed by atoms with van der Waals surface area (Å²) in [5.74, 6) is -4.57. The van der Waals surface area contributed by atoms with Crippen LogP contribution in [0.4, 0.5) is 13.6 Å². The van der Waals surface area contributed by atoms with Gasteiger partial charge in [0.2, 0.25) is 10.0 Å². The smallest absolute Gasteiger partial charge is 0.321 e. The molecule has 1 aliphatic rings. The number of hydrogen-bond donors (Lipinski definition) is 2. The molecule has 9 nitrogen and oxygen atoms in total. The fraction of sp³-hybridized carbons (Fsp3) is 0.389. The van der Waals surface area contributed by atoms with E-state index in [1.54, 1.807) is 0 Å². The molecule has 1 aliphatic heterocycles. The zero-order valence-electron chi connectivity index (χ0n) is 15.9. The molecule has 0 saturated carbocycles. The second kappa shape index (κ2) is 10.3. The summed E-state index contributed by atoms with van der Waals surface area (Å²) in [6.07, 6.45) is 1.68. The summed E-state index contributed by atoms with van der Waals surface area (Å²) >= 11 is 0. The minimum absolute atomic E-state index is 0.0305. The third-order valence-corrected chi connectivity index (χ3v) is 6.22. The summed E-state index contributed by atoms with van der Waals surface area (Å²) in [7, 11) is -4.04. The molecule has 12 heteroatoms. The predicted molar refractivity (Wildman–Crippen MR) is 101 cm³/mol. The molecule has 0 bridgehead atoms. The number of carbonyl (C=O) groups excluding carboxylic acids is 3. The van der Waals surface area contributed by atoms with E-state index in [1.165, 1.54) is 6.08 Å². The van der Waals surface area contributed by atoms with Crippen molar-refractivity contribution in [1.29, 1.82) is 0 Å². The maximum Gasteiger partial charge on any atom is 0.321 e. The first-order valence-electron chi connectivity index (χ1n) is 8.95. The van der Waals surface area contributed by atoms with Crippen LogP contribution in [-0.4, -0.2) is 56.9 Å². The van der Waals surface area contributed by atoms with Gasteiger partial charge >= 0.3 is 12.0 Å². The van der Waals surface area contributed by atoms with Gasteiger partial charge in [-0.05, 0) is 31.0 Å². The Morgan fingerprint density at radius 3 is 2.47 bits per heavy atom. The van der Waals surface area contributed by atoms with Gasteiger partial charge in [0.05, 0.1) is 10.8 Å². The van der Waals surface area contributed by atoms with Crippen molar-refractivity contribution in [3.8, 4) is 0 Å². The Balaban J connectivity index is 1.83. The summed E-state index contributed by atoms with van der Waals surface area (Å²) in [4.78, 5) is 34.6. The third kappa shape index (κ3) is 6.07. The van der Waals surface area contributed by atoms with Crippen LogP contribution in [0.25, 0.3) is 0 Å². The summed E-state index contributed by atoms with van der Waals surface area (Å²) in [5.41, 5.74) is 0. The number of urea groups is 1. The average molecular weight is 445 g/mol. The highest BCUT2D eigenvalue weighted by Crippen LogP contribution is 2.25. The fourth-order valence-electron chi connectivity index (χ4n) is 2.74. The minimum atomic E-state index is -4.04. The molecule has 0 atom stereocenters. The number of sulfonamides is 1. The molecule has 1 aromatic carbocycles. The lowest BCUT2D eigenvalue weighted by atomic mass is 9.98. The van der Waals surface area contributed by atoms with Gasteiger partial charge in [0.25, 0.3) is 5.91 Å². The van der Waals surface area contributed by atoms with Crippen LogP contribution in [0.1, 0.15) is 12.8 Å². The first-order chi connectivity index (χ1) is 14.1. The van der Waals surface area contributed by atoms with Gasteiger partial charge in [0.1, 0.15) is 0 Å². The first-order valence-corrected chi connectivity index (χ1v) is 10.4. The number of nitrogens with one attached hydrogen (secondary N) is 2. The van der Waals surface area contributed by atoms with Gasteiger partial charge in [0, 0.05) is 19.6 Å². The number of esters is 1. The molecule has 0 radical (unpaired) electrons. The number of ether oxygens (including phenoxy) is 1. The molecule has 1 fully saturated rings. The van der Waals surface area contributed by atoms with Crippen molar-refractivity contribution in [3.63, 3.8) is 0 Å². The van der Waals surface area contributed by atoms with E-state index in [0.29, 0.717) is 6.07 Å². The highest BCUT2D eigenvalue weighted by molar-refractivity contribution is 7.89. The van der Waals surface area contributed by atoms with Gasteiger partial charge in [-0.25, -0.2) is 22.0 Å². The molecule has 0 spiro atoms. The summed E-state index contributed by atoms with van der Waals surface area (Å²) in [6.45, 7) is 2.84. The lowest BCUT2D eigenvalue weighted by Gasteiger charge is -2.30. The van der Waals surface area contributed by atoms with Crippen molar-refractivity contribution in [2.24, 2.45) is 5.92 Å². The fourth-order valence-corrected chi connectivity index (χ4v) is 4.23. The second-order valence-corrected chi connectivity index (χ2v) is 8.35. The van der Waals surface area contributed by atoms with Crippen molar-refractivity contribution in [3.05, 3.63) is 42.5 Å². The summed E-state index contributed by atoms with van der Waals surface area (Å²) in [5, 5.41) is 4.28. The van der Waals surface area contributed by atoms with E-state index in [0.717, 1.165) is 16.4 Å². The van der Waals surface area contributed by atoms with Crippen LogP contribution in [0, 0.1) is 17.6 Å². The summed E-state index contributed by atoms with van der Waals surface area (Å²) in [6, 6.07) is 1.55. The minimum Gasteiger partial charge on any atom is -0.455 e. The van der Waals surface area contributed by atoms with E-state index < -0.39 is 52.1 Å². The largest absolute Gasteiger partial charge is 0.455 e. The Morgan fingerprint density at radius 1 is 1.20 bits per heavy atom. The van der Waals surface area contributed by atoms with Crippen LogP contribution >= 0.6 is 0 Å². The van der Waals surface area contributed by atoms with Crippen LogP contribution in [0.5, 0.6) is 0 Å². The van der Waals surface area contributed by atoms with Crippen molar-refractivity contribution < 1.29 is 36.3 Å². The maximum absolute atomic E-state index is 13.4. The number of benzene rings is 1. The second-order valence-electron chi connectivity index (χ2n) is 6.41. The molecular formula is C18H21F2N3O6S. The molecular weight excluding hydrogens is 424 g/mol. The molecule has 1 heterocycles. The quantitative estimate of drug-likeness (QED) is 0.476. The molecule has 3 amide bonds. The monoisotopic (exact) mass is 445 g/mol. The average Bonchev–Trinajstić information content (AvgIpc) is 2.72. The van der Waals surface area contributed by atoms with Gasteiger partial charge < -0.3 is 10.1 Å². The van der Waals surface area contributed by atoms with E-state index in [4.69, 9.17) is 4.74 Å². The standard InChI is InChI=1S/C18H21F2N3O6S/c1-2-7-21-18(26)22-16(24)11-29-17(25)12-5-8-23(9-6-12)30(27,28)13-3-4-14(19)15(20)10-13/h2-4,10,12H,1,5-9,11H2,(H2,21,22,24,26). The number of halogens is 2. The predicted octanol–water partition coefficient (Wildman–Crippen LogP) is 0.920. The molecule has 30 heavy (non-hydrogen) atoms. The molecule has 0 aromatic heterocycles.